The number of carbonyl (C=O) groups is 1. The maximum Gasteiger partial charge on any atom is 0.325 e. The van der Waals surface area contributed by atoms with Gasteiger partial charge in [0, 0.05) is 25.7 Å². The van der Waals surface area contributed by atoms with Gasteiger partial charge in [0.1, 0.15) is 5.54 Å². The van der Waals surface area contributed by atoms with E-state index in [1.807, 2.05) is 0 Å². The molecule has 1 aliphatic heterocycles. The number of carboxylic acid groups (broad SMARTS) is 1. The Morgan fingerprint density at radius 1 is 1.48 bits per heavy atom. The fourth-order valence-corrected chi connectivity index (χ4v) is 2.72. The zero-order chi connectivity index (χ0) is 17.2. The summed E-state index contributed by atoms with van der Waals surface area (Å²) in [6, 6.07) is 1.32. The summed E-state index contributed by atoms with van der Waals surface area (Å²) in [7, 11) is 0. The Morgan fingerprint density at radius 2 is 2.09 bits per heavy atom. The number of hydrogen-bond acceptors (Lipinski definition) is 3. The molecule has 4 nitrogen and oxygen atoms in total. The van der Waals surface area contributed by atoms with Crippen molar-refractivity contribution >= 4 is 5.97 Å². The highest BCUT2D eigenvalue weighted by molar-refractivity contribution is 5.82. The Kier molecular flexibility index (Phi) is 5.11. The summed E-state index contributed by atoms with van der Waals surface area (Å²) < 4.78 is 40.0. The van der Waals surface area contributed by atoms with Gasteiger partial charge in [-0.05, 0) is 24.1 Å². The Labute approximate surface area is 132 Å². The highest BCUT2D eigenvalue weighted by Gasteiger charge is 2.57. The quantitative estimate of drug-likeness (QED) is 0.437. The fourth-order valence-electron chi connectivity index (χ4n) is 2.72. The van der Waals surface area contributed by atoms with Crippen LogP contribution in [0.3, 0.4) is 0 Å². The van der Waals surface area contributed by atoms with Crippen molar-refractivity contribution in [3.05, 3.63) is 47.8 Å². The third-order valence-electron chi connectivity index (χ3n) is 4.26. The molecule has 0 aliphatic carbocycles. The summed E-state index contributed by atoms with van der Waals surface area (Å²) in [6.07, 6.45) is 2.01. The van der Waals surface area contributed by atoms with Crippen molar-refractivity contribution in [1.82, 2.24) is 10.2 Å². The van der Waals surface area contributed by atoms with Gasteiger partial charge < -0.3 is 10.4 Å². The summed E-state index contributed by atoms with van der Waals surface area (Å²) in [5.41, 5.74) is -0.698. The number of benzene rings is 1. The van der Waals surface area contributed by atoms with E-state index >= 15 is 0 Å². The standard InChI is InChI=1S/C16H19F3N2O2/c1-3-5-20-13(8-21-9-16(21,4-2)15(22)23)10-6-11(17)14(19)12(18)7-10/h3,6-7,13,20H,1,4-5,8-9H2,2H3,(H,22,23)/t13-,16?,21?/m0/s1. The van der Waals surface area contributed by atoms with Crippen LogP contribution >= 0.6 is 0 Å². The molecule has 126 valence electrons. The molecular weight excluding hydrogens is 309 g/mol. The largest absolute Gasteiger partial charge is 0.480 e. The summed E-state index contributed by atoms with van der Waals surface area (Å²) in [5.74, 6) is -4.97. The molecule has 0 radical (unpaired) electrons. The van der Waals surface area contributed by atoms with E-state index < -0.39 is 35.0 Å². The maximum atomic E-state index is 13.5. The first kappa shape index (κ1) is 17.5. The van der Waals surface area contributed by atoms with E-state index in [4.69, 9.17) is 0 Å². The van der Waals surface area contributed by atoms with E-state index in [1.165, 1.54) is 0 Å². The summed E-state index contributed by atoms with van der Waals surface area (Å²) in [6.45, 7) is 6.33. The predicted molar refractivity (Wildman–Crippen MR) is 79.5 cm³/mol. The molecule has 3 atom stereocenters. The molecule has 0 aromatic heterocycles. The Bertz CT molecular complexity index is 600. The number of rotatable bonds is 8. The highest BCUT2D eigenvalue weighted by atomic mass is 19.2. The van der Waals surface area contributed by atoms with Crippen molar-refractivity contribution < 1.29 is 23.1 Å². The van der Waals surface area contributed by atoms with Crippen LogP contribution < -0.4 is 5.32 Å². The lowest BCUT2D eigenvalue weighted by Gasteiger charge is -2.21. The monoisotopic (exact) mass is 328 g/mol. The van der Waals surface area contributed by atoms with Gasteiger partial charge in [-0.1, -0.05) is 13.0 Å². The van der Waals surface area contributed by atoms with E-state index in [2.05, 4.69) is 11.9 Å². The molecule has 0 spiro atoms. The molecule has 1 aromatic carbocycles. The smallest absolute Gasteiger partial charge is 0.325 e. The van der Waals surface area contributed by atoms with Crippen LogP contribution in [-0.2, 0) is 4.79 Å². The second-order valence-corrected chi connectivity index (χ2v) is 5.62. The van der Waals surface area contributed by atoms with Gasteiger partial charge in [-0.25, -0.2) is 13.2 Å². The topological polar surface area (TPSA) is 52.3 Å². The number of nitrogens with zero attached hydrogens (tertiary/aromatic N) is 1. The molecule has 0 bridgehead atoms. The minimum absolute atomic E-state index is 0.227. The SMILES string of the molecule is C=CCN[C@@H](CN1CC1(CC)C(=O)O)c1cc(F)c(F)c(F)c1. The Hall–Kier alpha value is -1.86. The van der Waals surface area contributed by atoms with Crippen LogP contribution in [0.25, 0.3) is 0 Å². The molecular formula is C16H19F3N2O2. The third-order valence-corrected chi connectivity index (χ3v) is 4.26. The van der Waals surface area contributed by atoms with Gasteiger partial charge >= 0.3 is 5.97 Å². The van der Waals surface area contributed by atoms with Crippen LogP contribution in [0.5, 0.6) is 0 Å². The first-order chi connectivity index (χ1) is 10.9. The van der Waals surface area contributed by atoms with E-state index in [0.717, 1.165) is 12.1 Å². The van der Waals surface area contributed by atoms with Gasteiger partial charge in [0.2, 0.25) is 0 Å². The van der Waals surface area contributed by atoms with Crippen molar-refractivity contribution in [2.45, 2.75) is 24.9 Å². The highest BCUT2D eigenvalue weighted by Crippen LogP contribution is 2.37. The molecule has 2 rings (SSSR count). The van der Waals surface area contributed by atoms with Gasteiger partial charge in [0.05, 0.1) is 0 Å². The van der Waals surface area contributed by atoms with E-state index in [0.29, 0.717) is 19.5 Å². The second kappa shape index (κ2) is 6.72. The van der Waals surface area contributed by atoms with Gasteiger partial charge in [-0.2, -0.15) is 0 Å². The summed E-state index contributed by atoms with van der Waals surface area (Å²) in [5, 5.41) is 12.3. The van der Waals surface area contributed by atoms with Crippen LogP contribution in [0.15, 0.2) is 24.8 Å². The molecule has 1 aliphatic rings. The van der Waals surface area contributed by atoms with Crippen LogP contribution in [0.2, 0.25) is 0 Å². The molecule has 1 saturated heterocycles. The molecule has 2 N–H and O–H groups in total. The number of nitrogens with one attached hydrogen (secondary N) is 1. The van der Waals surface area contributed by atoms with Crippen molar-refractivity contribution in [2.75, 3.05) is 19.6 Å². The van der Waals surface area contributed by atoms with Gasteiger partial charge in [-0.15, -0.1) is 6.58 Å². The van der Waals surface area contributed by atoms with Crippen LogP contribution in [0, 0.1) is 17.5 Å². The molecule has 0 saturated carbocycles. The van der Waals surface area contributed by atoms with E-state index in [-0.39, 0.29) is 12.1 Å². The lowest BCUT2D eigenvalue weighted by Crippen LogP contribution is -2.34. The van der Waals surface area contributed by atoms with Gasteiger partial charge in [0.25, 0.3) is 0 Å². The molecule has 1 aromatic rings. The molecule has 7 heteroatoms. The average molecular weight is 328 g/mol. The average Bonchev–Trinajstić information content (AvgIpc) is 3.23. The minimum atomic E-state index is -1.52. The lowest BCUT2D eigenvalue weighted by molar-refractivity contribution is -0.141. The van der Waals surface area contributed by atoms with Crippen LogP contribution in [0.1, 0.15) is 24.9 Å². The first-order valence-electron chi connectivity index (χ1n) is 7.33. The third kappa shape index (κ3) is 3.40. The molecule has 1 heterocycles. The summed E-state index contributed by atoms with van der Waals surface area (Å²) in [4.78, 5) is 13.1. The van der Waals surface area contributed by atoms with Crippen molar-refractivity contribution in [2.24, 2.45) is 0 Å². The van der Waals surface area contributed by atoms with Gasteiger partial charge in [-0.3, -0.25) is 9.69 Å². The second-order valence-electron chi connectivity index (χ2n) is 5.62. The number of hydrogen-bond donors (Lipinski definition) is 2. The maximum absolute atomic E-state index is 13.5. The van der Waals surface area contributed by atoms with Crippen LogP contribution in [0.4, 0.5) is 13.2 Å². The zero-order valence-corrected chi connectivity index (χ0v) is 12.8. The number of carboxylic acids is 1. The fraction of sp³-hybridized carbons (Fsp3) is 0.438. The van der Waals surface area contributed by atoms with Crippen molar-refractivity contribution in [3.8, 4) is 0 Å². The predicted octanol–water partition coefficient (Wildman–Crippen LogP) is 2.47. The number of halogens is 3. The zero-order valence-electron chi connectivity index (χ0n) is 12.8. The van der Waals surface area contributed by atoms with E-state index in [1.54, 1.807) is 17.9 Å². The molecule has 23 heavy (non-hydrogen) atoms. The first-order valence-corrected chi connectivity index (χ1v) is 7.33. The van der Waals surface area contributed by atoms with E-state index in [9.17, 15) is 23.1 Å². The Morgan fingerprint density at radius 3 is 2.52 bits per heavy atom. The Balaban J connectivity index is 2.22. The molecule has 0 amide bonds. The number of aliphatic carboxylic acids is 1. The lowest BCUT2D eigenvalue weighted by atomic mass is 10.0. The van der Waals surface area contributed by atoms with Crippen molar-refractivity contribution in [3.63, 3.8) is 0 Å². The van der Waals surface area contributed by atoms with Crippen LogP contribution in [-0.4, -0.2) is 41.1 Å². The minimum Gasteiger partial charge on any atom is -0.480 e. The molecule has 2 unspecified atom stereocenters. The van der Waals surface area contributed by atoms with Gasteiger partial charge in [0.15, 0.2) is 17.5 Å². The normalized spacial score (nSPS) is 24.3. The summed E-state index contributed by atoms with van der Waals surface area (Å²) >= 11 is 0. The molecule has 1 fully saturated rings. The van der Waals surface area contributed by atoms with Crippen molar-refractivity contribution in [1.29, 1.82) is 0 Å².